The van der Waals surface area contributed by atoms with Crippen LogP contribution in [0.5, 0.6) is 0 Å². The molecule has 0 aliphatic rings. The number of benzene rings is 3. The Morgan fingerprint density at radius 1 is 0.667 bits per heavy atom. The molecule has 0 spiro atoms. The first kappa shape index (κ1) is 18.0. The summed E-state index contributed by atoms with van der Waals surface area (Å²) in [5, 5.41) is 0.758. The zero-order valence-corrected chi connectivity index (χ0v) is 16.6. The van der Waals surface area contributed by atoms with Crippen molar-refractivity contribution in [3.8, 4) is 33.5 Å². The number of aryl methyl sites for hydroxylation is 1. The maximum Gasteiger partial charge on any atom is 0.165 e. The lowest BCUT2D eigenvalue weighted by Crippen LogP contribution is -1.99. The number of nitrogen functional groups attached to an aromatic ring is 1. The lowest BCUT2D eigenvalue weighted by Gasteiger charge is -2.15. The molecule has 0 aliphatic heterocycles. The summed E-state index contributed by atoms with van der Waals surface area (Å²) in [6.07, 6.45) is 1.46. The third-order valence-corrected chi connectivity index (χ3v) is 5.28. The Balaban J connectivity index is 1.83. The van der Waals surface area contributed by atoms with E-state index in [2.05, 4.69) is 89.7 Å². The predicted molar refractivity (Wildman–Crippen MR) is 123 cm³/mol. The Morgan fingerprint density at radius 2 is 1.33 bits per heavy atom. The van der Waals surface area contributed by atoms with Gasteiger partial charge in [-0.15, -0.1) is 0 Å². The molecule has 0 bridgehead atoms. The molecule has 0 unspecified atom stereocenters. The van der Waals surface area contributed by atoms with Crippen LogP contribution in [0.25, 0.3) is 44.5 Å². The van der Waals surface area contributed by atoms with Crippen molar-refractivity contribution in [2.75, 3.05) is 5.73 Å². The Bertz CT molecular complexity index is 1340. The first-order valence-corrected chi connectivity index (χ1v) is 9.84. The minimum absolute atomic E-state index is 0.434. The van der Waals surface area contributed by atoms with Crippen molar-refractivity contribution in [3.63, 3.8) is 0 Å². The van der Waals surface area contributed by atoms with Gasteiger partial charge in [0.2, 0.25) is 0 Å². The van der Waals surface area contributed by atoms with Gasteiger partial charge in [0.25, 0.3) is 0 Å². The summed E-state index contributed by atoms with van der Waals surface area (Å²) >= 11 is 0. The molecule has 2 aromatic heterocycles. The number of hydrogen-bond acceptors (Lipinski definition) is 4. The quantitative estimate of drug-likeness (QED) is 0.417. The number of rotatable bonds is 3. The van der Waals surface area contributed by atoms with Gasteiger partial charge in [-0.1, -0.05) is 84.4 Å². The van der Waals surface area contributed by atoms with Crippen molar-refractivity contribution in [1.29, 1.82) is 0 Å². The average molecular weight is 388 g/mol. The van der Waals surface area contributed by atoms with E-state index >= 15 is 0 Å². The molecule has 2 heterocycles. The molecule has 30 heavy (non-hydrogen) atoms. The van der Waals surface area contributed by atoms with E-state index in [4.69, 9.17) is 10.7 Å². The van der Waals surface area contributed by atoms with Gasteiger partial charge in [-0.2, -0.15) is 0 Å². The molecule has 4 nitrogen and oxygen atoms in total. The van der Waals surface area contributed by atoms with Crippen molar-refractivity contribution in [3.05, 3.63) is 96.8 Å². The van der Waals surface area contributed by atoms with Crippen molar-refractivity contribution in [2.45, 2.75) is 6.92 Å². The summed E-state index contributed by atoms with van der Waals surface area (Å²) in [4.78, 5) is 13.5. The lowest BCUT2D eigenvalue weighted by molar-refractivity contribution is 1.19. The lowest BCUT2D eigenvalue weighted by atomic mass is 9.92. The first-order chi connectivity index (χ1) is 14.7. The van der Waals surface area contributed by atoms with E-state index < -0.39 is 0 Å². The van der Waals surface area contributed by atoms with Crippen molar-refractivity contribution in [1.82, 2.24) is 15.0 Å². The highest BCUT2D eigenvalue weighted by Gasteiger charge is 2.17. The second kappa shape index (κ2) is 7.41. The van der Waals surface area contributed by atoms with Crippen LogP contribution in [-0.2, 0) is 0 Å². The van der Waals surface area contributed by atoms with Gasteiger partial charge in [0, 0.05) is 11.1 Å². The summed E-state index contributed by atoms with van der Waals surface area (Å²) in [7, 11) is 0. The van der Waals surface area contributed by atoms with E-state index in [-0.39, 0.29) is 0 Å². The predicted octanol–water partition coefficient (Wildman–Crippen LogP) is 5.92. The molecule has 0 atom stereocenters. The highest BCUT2D eigenvalue weighted by atomic mass is 15.0. The average Bonchev–Trinajstić information content (AvgIpc) is 2.80. The Hall–Kier alpha value is -4.05. The van der Waals surface area contributed by atoms with E-state index in [1.54, 1.807) is 0 Å². The number of fused-ring (bicyclic) bond motifs is 1. The van der Waals surface area contributed by atoms with E-state index in [0.717, 1.165) is 38.9 Å². The van der Waals surface area contributed by atoms with Crippen LogP contribution in [0, 0.1) is 6.92 Å². The third-order valence-electron chi connectivity index (χ3n) is 5.28. The van der Waals surface area contributed by atoms with Crippen LogP contribution in [0.2, 0.25) is 0 Å². The van der Waals surface area contributed by atoms with Crippen molar-refractivity contribution < 1.29 is 0 Å². The molecule has 0 saturated carbocycles. The van der Waals surface area contributed by atoms with Crippen LogP contribution in [0.4, 0.5) is 5.82 Å². The van der Waals surface area contributed by atoms with E-state index in [1.165, 1.54) is 11.9 Å². The minimum Gasteiger partial charge on any atom is -0.383 e. The van der Waals surface area contributed by atoms with Gasteiger partial charge in [0.1, 0.15) is 12.1 Å². The van der Waals surface area contributed by atoms with Gasteiger partial charge in [0.15, 0.2) is 5.65 Å². The summed E-state index contributed by atoms with van der Waals surface area (Å²) in [5.74, 6) is 0.434. The van der Waals surface area contributed by atoms with E-state index in [1.807, 2.05) is 12.1 Å². The summed E-state index contributed by atoms with van der Waals surface area (Å²) in [6, 6.07) is 29.2. The SMILES string of the molecule is Cc1ccc(-c2cc3c(N)ncnc3nc2-c2ccccc2-c2ccccc2)cc1. The topological polar surface area (TPSA) is 64.7 Å². The van der Waals surface area contributed by atoms with Gasteiger partial charge in [0.05, 0.1) is 11.1 Å². The fourth-order valence-electron chi connectivity index (χ4n) is 3.72. The monoisotopic (exact) mass is 388 g/mol. The van der Waals surface area contributed by atoms with Crippen LogP contribution < -0.4 is 5.73 Å². The normalized spacial score (nSPS) is 11.0. The first-order valence-electron chi connectivity index (χ1n) is 9.84. The molecule has 3 aromatic carbocycles. The zero-order valence-electron chi connectivity index (χ0n) is 16.6. The number of nitrogens with two attached hydrogens (primary N) is 1. The van der Waals surface area contributed by atoms with Crippen LogP contribution in [0.1, 0.15) is 5.56 Å². The molecule has 144 valence electrons. The van der Waals surface area contributed by atoms with Gasteiger partial charge in [-0.3, -0.25) is 0 Å². The second-order valence-electron chi connectivity index (χ2n) is 7.29. The summed E-state index contributed by atoms with van der Waals surface area (Å²) in [5.41, 5.74) is 14.2. The number of aromatic nitrogens is 3. The number of pyridine rings is 1. The number of anilines is 1. The molecular weight excluding hydrogens is 368 g/mol. The highest BCUT2D eigenvalue weighted by molar-refractivity contribution is 5.97. The molecule has 4 heteroatoms. The van der Waals surface area contributed by atoms with Crippen LogP contribution in [-0.4, -0.2) is 15.0 Å². The van der Waals surface area contributed by atoms with Gasteiger partial charge >= 0.3 is 0 Å². The fourth-order valence-corrected chi connectivity index (χ4v) is 3.72. The molecule has 0 amide bonds. The number of nitrogens with zero attached hydrogens (tertiary/aromatic N) is 3. The maximum atomic E-state index is 6.15. The Kier molecular flexibility index (Phi) is 4.45. The Labute approximate surface area is 175 Å². The number of hydrogen-bond donors (Lipinski definition) is 1. The standard InChI is InChI=1S/C26H20N4/c1-17-11-13-19(14-12-17)22-15-23-25(27)28-16-29-26(23)30-24(22)21-10-6-5-9-20(21)18-7-3-2-4-8-18/h2-16H,1H3,(H2,27,28,29,30). The summed E-state index contributed by atoms with van der Waals surface area (Å²) in [6.45, 7) is 2.08. The van der Waals surface area contributed by atoms with Gasteiger partial charge in [-0.05, 0) is 29.7 Å². The van der Waals surface area contributed by atoms with Crippen molar-refractivity contribution >= 4 is 16.9 Å². The highest BCUT2D eigenvalue weighted by Crippen LogP contribution is 2.38. The maximum absolute atomic E-state index is 6.15. The zero-order chi connectivity index (χ0) is 20.5. The third kappa shape index (κ3) is 3.18. The van der Waals surface area contributed by atoms with Crippen LogP contribution >= 0.6 is 0 Å². The van der Waals surface area contributed by atoms with Gasteiger partial charge in [-0.25, -0.2) is 15.0 Å². The van der Waals surface area contributed by atoms with E-state index in [9.17, 15) is 0 Å². The summed E-state index contributed by atoms with van der Waals surface area (Å²) < 4.78 is 0. The van der Waals surface area contributed by atoms with E-state index in [0.29, 0.717) is 11.5 Å². The van der Waals surface area contributed by atoms with Crippen molar-refractivity contribution in [2.24, 2.45) is 0 Å². The molecule has 0 fully saturated rings. The molecule has 0 aliphatic carbocycles. The van der Waals surface area contributed by atoms with Gasteiger partial charge < -0.3 is 5.73 Å². The second-order valence-corrected chi connectivity index (χ2v) is 7.29. The molecular formula is C26H20N4. The molecule has 0 saturated heterocycles. The molecule has 5 rings (SSSR count). The van der Waals surface area contributed by atoms with Crippen LogP contribution in [0.15, 0.2) is 91.3 Å². The molecule has 2 N–H and O–H groups in total. The molecule has 0 radical (unpaired) electrons. The molecule has 5 aromatic rings. The Morgan fingerprint density at radius 3 is 2.10 bits per heavy atom. The minimum atomic E-state index is 0.434. The van der Waals surface area contributed by atoms with Crippen LogP contribution in [0.3, 0.4) is 0 Å². The smallest absolute Gasteiger partial charge is 0.165 e. The largest absolute Gasteiger partial charge is 0.383 e. The fraction of sp³-hybridized carbons (Fsp3) is 0.0385.